The average Bonchev–Trinajstić information content (AvgIpc) is 3.08. The van der Waals surface area contributed by atoms with E-state index in [9.17, 15) is 9.18 Å². The zero-order valence-corrected chi connectivity index (χ0v) is 15.5. The van der Waals surface area contributed by atoms with Gasteiger partial charge < -0.3 is 14.2 Å². The fourth-order valence-corrected chi connectivity index (χ4v) is 3.13. The zero-order chi connectivity index (χ0) is 19.5. The molecule has 1 fully saturated rings. The van der Waals surface area contributed by atoms with Gasteiger partial charge in [0.15, 0.2) is 12.4 Å². The van der Waals surface area contributed by atoms with E-state index in [1.165, 1.54) is 12.1 Å². The van der Waals surface area contributed by atoms with Crippen LogP contribution in [0.5, 0.6) is 5.75 Å². The van der Waals surface area contributed by atoms with E-state index in [1.807, 2.05) is 31.2 Å². The molecular weight excluding hydrogens is 361 g/mol. The Labute approximate surface area is 161 Å². The van der Waals surface area contributed by atoms with Gasteiger partial charge in [-0.2, -0.15) is 4.98 Å². The van der Waals surface area contributed by atoms with Crippen LogP contribution in [0.1, 0.15) is 28.8 Å². The molecule has 4 rings (SSSR count). The number of halogens is 1. The lowest BCUT2D eigenvalue weighted by molar-refractivity contribution is -0.135. The summed E-state index contributed by atoms with van der Waals surface area (Å²) in [6.07, 6.45) is 0.187. The summed E-state index contributed by atoms with van der Waals surface area (Å²) in [6.45, 7) is 3.24. The van der Waals surface area contributed by atoms with Crippen LogP contribution in [-0.4, -0.2) is 34.0 Å². The number of nitrogens with zero attached hydrogens (tertiary/aromatic N) is 3. The van der Waals surface area contributed by atoms with E-state index in [1.54, 1.807) is 17.0 Å². The number of hydrogen-bond acceptors (Lipinski definition) is 5. The summed E-state index contributed by atoms with van der Waals surface area (Å²) in [5.74, 6) is 1.45. The molecule has 0 atom stereocenters. The van der Waals surface area contributed by atoms with Crippen molar-refractivity contribution in [3.05, 3.63) is 77.2 Å². The van der Waals surface area contributed by atoms with Gasteiger partial charge in [0.05, 0.1) is 12.3 Å². The number of hydrogen-bond donors (Lipinski definition) is 0. The molecule has 0 spiro atoms. The first-order valence-electron chi connectivity index (χ1n) is 9.11. The number of rotatable bonds is 6. The highest BCUT2D eigenvalue weighted by molar-refractivity contribution is 5.79. The Kier molecular flexibility index (Phi) is 5.06. The second kappa shape index (κ2) is 7.80. The number of carbonyl (C=O) groups excluding carboxylic acids is 1. The molecule has 2 aromatic carbocycles. The Morgan fingerprint density at radius 1 is 1.25 bits per heavy atom. The monoisotopic (exact) mass is 381 g/mol. The van der Waals surface area contributed by atoms with E-state index in [0.29, 0.717) is 30.4 Å². The van der Waals surface area contributed by atoms with Crippen LogP contribution in [0.4, 0.5) is 4.39 Å². The minimum atomic E-state index is -0.334. The molecule has 2 heterocycles. The van der Waals surface area contributed by atoms with Crippen molar-refractivity contribution in [2.45, 2.75) is 25.9 Å². The summed E-state index contributed by atoms with van der Waals surface area (Å²) in [7, 11) is 0. The highest BCUT2D eigenvalue weighted by Gasteiger charge is 2.34. The predicted molar refractivity (Wildman–Crippen MR) is 99.2 cm³/mol. The van der Waals surface area contributed by atoms with Gasteiger partial charge in [-0.25, -0.2) is 4.39 Å². The molecule has 0 N–H and O–H groups in total. The quantitative estimate of drug-likeness (QED) is 0.656. The van der Waals surface area contributed by atoms with Crippen LogP contribution in [-0.2, 0) is 17.8 Å². The Morgan fingerprint density at radius 2 is 2.07 bits per heavy atom. The number of likely N-dealkylation sites (tertiary alicyclic amines) is 1. The van der Waals surface area contributed by atoms with Crippen LogP contribution >= 0.6 is 0 Å². The first kappa shape index (κ1) is 18.2. The number of aryl methyl sites for hydroxylation is 1. The molecule has 1 aromatic heterocycles. The first-order valence-corrected chi connectivity index (χ1v) is 9.11. The average molecular weight is 381 g/mol. The largest absolute Gasteiger partial charge is 0.483 e. The van der Waals surface area contributed by atoms with Crippen LogP contribution in [0.25, 0.3) is 0 Å². The molecule has 144 valence electrons. The molecule has 1 aliphatic heterocycles. The fraction of sp³-hybridized carbons (Fsp3) is 0.286. The van der Waals surface area contributed by atoms with Gasteiger partial charge in [0, 0.05) is 13.1 Å². The Bertz CT molecular complexity index is 982. The van der Waals surface area contributed by atoms with Crippen molar-refractivity contribution in [1.82, 2.24) is 15.0 Å². The van der Waals surface area contributed by atoms with Crippen molar-refractivity contribution in [3.8, 4) is 5.75 Å². The summed E-state index contributed by atoms with van der Waals surface area (Å²) in [5, 5.41) is 4.01. The first-order chi connectivity index (χ1) is 13.6. The number of para-hydroxylation sites is 1. The molecule has 1 saturated heterocycles. The van der Waals surface area contributed by atoms with Gasteiger partial charge in [0.1, 0.15) is 11.6 Å². The molecule has 1 aliphatic rings. The van der Waals surface area contributed by atoms with Gasteiger partial charge >= 0.3 is 0 Å². The summed E-state index contributed by atoms with van der Waals surface area (Å²) in [4.78, 5) is 18.4. The van der Waals surface area contributed by atoms with Gasteiger partial charge in [-0.3, -0.25) is 4.79 Å². The van der Waals surface area contributed by atoms with Crippen molar-refractivity contribution in [2.24, 2.45) is 0 Å². The molecule has 28 heavy (non-hydrogen) atoms. The molecule has 3 aromatic rings. The summed E-state index contributed by atoms with van der Waals surface area (Å²) < 4.78 is 24.2. The number of benzene rings is 2. The summed E-state index contributed by atoms with van der Waals surface area (Å²) in [6, 6.07) is 13.8. The maximum Gasteiger partial charge on any atom is 0.264 e. The van der Waals surface area contributed by atoms with Gasteiger partial charge in [0.2, 0.25) is 5.91 Å². The molecule has 0 unspecified atom stereocenters. The van der Waals surface area contributed by atoms with Crippen molar-refractivity contribution >= 4 is 5.91 Å². The molecule has 7 heteroatoms. The highest BCUT2D eigenvalue weighted by Crippen LogP contribution is 2.26. The smallest absolute Gasteiger partial charge is 0.264 e. The number of amides is 1. The minimum Gasteiger partial charge on any atom is -0.483 e. The fourth-order valence-electron chi connectivity index (χ4n) is 3.13. The third kappa shape index (κ3) is 4.03. The SMILES string of the molecule is Cc1ccccc1OCc1nc(C2CN(C(=O)Cc3cccc(F)c3)C2)no1. The van der Waals surface area contributed by atoms with Crippen LogP contribution in [0.15, 0.2) is 53.1 Å². The van der Waals surface area contributed by atoms with Crippen molar-refractivity contribution in [2.75, 3.05) is 13.1 Å². The molecule has 0 aliphatic carbocycles. The van der Waals surface area contributed by atoms with Gasteiger partial charge in [-0.05, 0) is 36.2 Å². The van der Waals surface area contributed by atoms with Crippen molar-refractivity contribution in [1.29, 1.82) is 0 Å². The lowest BCUT2D eigenvalue weighted by atomic mass is 9.98. The summed E-state index contributed by atoms with van der Waals surface area (Å²) >= 11 is 0. The Balaban J connectivity index is 1.28. The standard InChI is InChI=1S/C21H20FN3O3/c1-14-5-2-3-8-18(14)27-13-19-23-21(24-28-19)16-11-25(12-16)20(26)10-15-6-4-7-17(22)9-15/h2-9,16H,10-13H2,1H3. The van der Waals surface area contributed by atoms with Crippen LogP contribution in [0.3, 0.4) is 0 Å². The maximum atomic E-state index is 13.2. The second-order valence-corrected chi connectivity index (χ2v) is 6.90. The second-order valence-electron chi connectivity index (χ2n) is 6.90. The van der Waals surface area contributed by atoms with Gasteiger partial charge in [-0.1, -0.05) is 35.5 Å². The normalized spacial score (nSPS) is 14.0. The van der Waals surface area contributed by atoms with E-state index >= 15 is 0 Å². The van der Waals surface area contributed by atoms with Gasteiger partial charge in [-0.15, -0.1) is 0 Å². The van der Waals surface area contributed by atoms with E-state index in [0.717, 1.165) is 11.3 Å². The topological polar surface area (TPSA) is 68.5 Å². The lowest BCUT2D eigenvalue weighted by Crippen LogP contribution is -2.49. The van der Waals surface area contributed by atoms with Gasteiger partial charge in [0.25, 0.3) is 5.89 Å². The molecule has 1 amide bonds. The molecule has 6 nitrogen and oxygen atoms in total. The van der Waals surface area contributed by atoms with E-state index in [2.05, 4.69) is 10.1 Å². The zero-order valence-electron chi connectivity index (χ0n) is 15.5. The van der Waals surface area contributed by atoms with Crippen molar-refractivity contribution < 1.29 is 18.4 Å². The predicted octanol–water partition coefficient (Wildman–Crippen LogP) is 3.26. The van der Waals surface area contributed by atoms with E-state index in [-0.39, 0.29) is 30.7 Å². The number of aromatic nitrogens is 2. The summed E-state index contributed by atoms with van der Waals surface area (Å²) in [5.41, 5.74) is 1.71. The molecule has 0 saturated carbocycles. The molecular formula is C21H20FN3O3. The number of ether oxygens (including phenoxy) is 1. The Hall–Kier alpha value is -3.22. The third-order valence-electron chi connectivity index (χ3n) is 4.77. The highest BCUT2D eigenvalue weighted by atomic mass is 19.1. The van der Waals surface area contributed by atoms with E-state index < -0.39 is 0 Å². The van der Waals surface area contributed by atoms with Crippen LogP contribution in [0.2, 0.25) is 0 Å². The van der Waals surface area contributed by atoms with Crippen LogP contribution < -0.4 is 4.74 Å². The minimum absolute atomic E-state index is 0.0338. The van der Waals surface area contributed by atoms with Crippen LogP contribution in [0, 0.1) is 12.7 Å². The van der Waals surface area contributed by atoms with E-state index in [4.69, 9.17) is 9.26 Å². The number of carbonyl (C=O) groups is 1. The lowest BCUT2D eigenvalue weighted by Gasteiger charge is -2.37. The maximum absolute atomic E-state index is 13.2. The third-order valence-corrected chi connectivity index (χ3v) is 4.77. The molecule has 0 bridgehead atoms. The molecule has 0 radical (unpaired) electrons. The Morgan fingerprint density at radius 3 is 2.86 bits per heavy atom. The van der Waals surface area contributed by atoms with Crippen molar-refractivity contribution in [3.63, 3.8) is 0 Å².